The molecule has 4 aromatic carbocycles. The number of halogens is 1. The minimum absolute atomic E-state index is 0.275. The average Bonchev–Trinajstić information content (AvgIpc) is 3.04. The molecule has 4 aromatic rings. The number of carbonyl (C=O) groups is 3. The van der Waals surface area contributed by atoms with E-state index in [9.17, 15) is 19.5 Å². The number of Topliss-reactive ketones (excluding diaryl/α,β-unsaturated/α-hetero) is 1. The minimum atomic E-state index is -1.76. The van der Waals surface area contributed by atoms with E-state index in [1.54, 1.807) is 30.3 Å². The number of anilines is 2. The Morgan fingerprint density at radius 2 is 1.45 bits per heavy atom. The van der Waals surface area contributed by atoms with Crippen molar-refractivity contribution < 1.29 is 29.0 Å². The van der Waals surface area contributed by atoms with E-state index in [0.717, 1.165) is 32.3 Å². The summed E-state index contributed by atoms with van der Waals surface area (Å²) in [5.41, 5.74) is 4.58. The van der Waals surface area contributed by atoms with Gasteiger partial charge in [-0.1, -0.05) is 58.4 Å². The highest BCUT2D eigenvalue weighted by atomic mass is 79.9. The third-order valence-corrected chi connectivity index (χ3v) is 9.99. The van der Waals surface area contributed by atoms with Crippen LogP contribution in [-0.4, -0.2) is 34.9 Å². The van der Waals surface area contributed by atoms with Crippen LogP contribution in [0.4, 0.5) is 11.4 Å². The van der Waals surface area contributed by atoms with Gasteiger partial charge >= 0.3 is 0 Å². The second kappa shape index (κ2) is 15.0. The lowest BCUT2D eigenvalue weighted by Gasteiger charge is -2.44. The first-order valence-electron chi connectivity index (χ1n) is 16.4. The molecule has 1 aliphatic carbocycles. The molecule has 9 heteroatoms. The SMILES string of the molecule is CCOc1cc(C2C(C(=O)Nc3cccc(C)c3C)C(=O)CC(C)(O)C2C(=O)Nc2cccc(C)c2C)ccc1OCc1cccc(Br)c1. The zero-order chi connectivity index (χ0) is 35.5. The van der Waals surface area contributed by atoms with Gasteiger partial charge in [0.25, 0.3) is 0 Å². The van der Waals surface area contributed by atoms with Crippen LogP contribution in [0.15, 0.2) is 83.3 Å². The molecule has 2 amide bonds. The molecule has 0 radical (unpaired) electrons. The smallest absolute Gasteiger partial charge is 0.235 e. The van der Waals surface area contributed by atoms with E-state index in [1.807, 2.05) is 83.1 Å². The molecule has 0 saturated heterocycles. The molecule has 8 nitrogen and oxygen atoms in total. The van der Waals surface area contributed by atoms with Crippen LogP contribution in [-0.2, 0) is 21.0 Å². The van der Waals surface area contributed by atoms with Gasteiger partial charge in [-0.2, -0.15) is 0 Å². The zero-order valence-corrected chi connectivity index (χ0v) is 30.3. The van der Waals surface area contributed by atoms with Gasteiger partial charge in [-0.3, -0.25) is 14.4 Å². The Balaban J connectivity index is 1.59. The topological polar surface area (TPSA) is 114 Å². The number of carbonyl (C=O) groups excluding carboxylic acids is 3. The summed E-state index contributed by atoms with van der Waals surface area (Å²) >= 11 is 3.49. The zero-order valence-electron chi connectivity index (χ0n) is 28.7. The molecule has 0 aliphatic heterocycles. The van der Waals surface area contributed by atoms with Crippen LogP contribution in [0.5, 0.6) is 11.5 Å². The molecule has 0 bridgehead atoms. The van der Waals surface area contributed by atoms with Crippen LogP contribution in [0.2, 0.25) is 0 Å². The Labute approximate surface area is 296 Å². The molecule has 49 heavy (non-hydrogen) atoms. The van der Waals surface area contributed by atoms with Crippen molar-refractivity contribution in [1.29, 1.82) is 0 Å². The number of benzene rings is 4. The van der Waals surface area contributed by atoms with E-state index in [0.29, 0.717) is 35.0 Å². The van der Waals surface area contributed by atoms with E-state index >= 15 is 0 Å². The van der Waals surface area contributed by atoms with Crippen LogP contribution in [0.25, 0.3) is 0 Å². The standard InChI is InChI=1S/C40H43BrN2O6/c1-7-48-34-20-28(17-18-33(34)49-22-27-13-10-14-29(41)19-27)35-36(38(45)42-30-15-8-11-23(2)25(30)4)32(44)21-40(6,47)37(35)39(46)43-31-16-9-12-24(3)26(31)5/h8-20,35-37,47H,7,21-22H2,1-6H3,(H,42,45)(H,43,46). The van der Waals surface area contributed by atoms with E-state index in [2.05, 4.69) is 26.6 Å². The van der Waals surface area contributed by atoms with Crippen molar-refractivity contribution in [2.45, 2.75) is 66.1 Å². The Hall–Kier alpha value is -4.47. The number of aryl methyl sites for hydroxylation is 2. The summed E-state index contributed by atoms with van der Waals surface area (Å²) in [4.78, 5) is 42.5. The summed E-state index contributed by atoms with van der Waals surface area (Å²) in [5.74, 6) is -4.13. The van der Waals surface area contributed by atoms with Crippen molar-refractivity contribution >= 4 is 44.9 Å². The molecule has 0 heterocycles. The third kappa shape index (κ3) is 7.89. The fourth-order valence-corrected chi connectivity index (χ4v) is 7.04. The van der Waals surface area contributed by atoms with Gasteiger partial charge in [0.2, 0.25) is 11.8 Å². The molecule has 4 atom stereocenters. The highest BCUT2D eigenvalue weighted by Crippen LogP contribution is 2.48. The number of hydrogen-bond acceptors (Lipinski definition) is 6. The number of ether oxygens (including phenoxy) is 2. The van der Waals surface area contributed by atoms with Crippen LogP contribution in [0.3, 0.4) is 0 Å². The van der Waals surface area contributed by atoms with Gasteiger partial charge in [-0.15, -0.1) is 0 Å². The molecule has 3 N–H and O–H groups in total. The summed E-state index contributed by atoms with van der Waals surface area (Å²) in [5, 5.41) is 17.8. The van der Waals surface area contributed by atoms with Gasteiger partial charge in [-0.25, -0.2) is 0 Å². The van der Waals surface area contributed by atoms with Gasteiger partial charge in [0, 0.05) is 28.2 Å². The molecule has 1 fully saturated rings. The Kier molecular flexibility index (Phi) is 10.9. The summed E-state index contributed by atoms with van der Waals surface area (Å²) in [6.07, 6.45) is -0.370. The molecule has 1 aliphatic rings. The lowest BCUT2D eigenvalue weighted by atomic mass is 9.61. The second-order valence-electron chi connectivity index (χ2n) is 13.0. The molecular formula is C40H43BrN2O6. The summed E-state index contributed by atoms with van der Waals surface area (Å²) in [6, 6.07) is 24.1. The first kappa shape index (κ1) is 35.8. The molecule has 256 valence electrons. The van der Waals surface area contributed by atoms with Crippen LogP contribution >= 0.6 is 15.9 Å². The van der Waals surface area contributed by atoms with Crippen LogP contribution in [0, 0.1) is 39.5 Å². The van der Waals surface area contributed by atoms with Crippen molar-refractivity contribution in [3.05, 3.63) is 117 Å². The quantitative estimate of drug-likeness (QED) is 0.143. The Morgan fingerprint density at radius 3 is 2.06 bits per heavy atom. The normalized spacial score (nSPS) is 20.4. The summed E-state index contributed by atoms with van der Waals surface area (Å²) in [7, 11) is 0. The van der Waals surface area contributed by atoms with Gasteiger partial charge in [-0.05, 0) is 111 Å². The van der Waals surface area contributed by atoms with Gasteiger partial charge in [0.05, 0.1) is 18.1 Å². The van der Waals surface area contributed by atoms with Gasteiger partial charge in [0.1, 0.15) is 18.3 Å². The maximum atomic E-state index is 14.4. The average molecular weight is 728 g/mol. The van der Waals surface area contributed by atoms with Crippen molar-refractivity contribution in [2.24, 2.45) is 11.8 Å². The number of aliphatic hydroxyl groups is 1. The summed E-state index contributed by atoms with van der Waals surface area (Å²) < 4.78 is 13.1. The number of rotatable bonds is 10. The van der Waals surface area contributed by atoms with Crippen molar-refractivity contribution in [2.75, 3.05) is 17.2 Å². The molecule has 4 unspecified atom stereocenters. The first-order valence-corrected chi connectivity index (χ1v) is 17.2. The van der Waals surface area contributed by atoms with Crippen molar-refractivity contribution in [1.82, 2.24) is 0 Å². The van der Waals surface area contributed by atoms with Crippen LogP contribution < -0.4 is 20.1 Å². The first-order chi connectivity index (χ1) is 23.3. The predicted molar refractivity (Wildman–Crippen MR) is 195 cm³/mol. The van der Waals surface area contributed by atoms with E-state index < -0.39 is 41.0 Å². The Bertz CT molecular complexity index is 1890. The predicted octanol–water partition coefficient (Wildman–Crippen LogP) is 7.98. The van der Waals surface area contributed by atoms with Crippen LogP contribution in [0.1, 0.15) is 59.6 Å². The molecule has 0 spiro atoms. The third-order valence-electron chi connectivity index (χ3n) is 9.49. The monoisotopic (exact) mass is 726 g/mol. The van der Waals surface area contributed by atoms with Gasteiger partial charge < -0.3 is 25.2 Å². The number of nitrogens with one attached hydrogen (secondary N) is 2. The number of ketones is 1. The lowest BCUT2D eigenvalue weighted by Crippen LogP contribution is -2.56. The van der Waals surface area contributed by atoms with E-state index in [1.165, 1.54) is 6.92 Å². The molecule has 0 aromatic heterocycles. The largest absolute Gasteiger partial charge is 0.490 e. The summed E-state index contributed by atoms with van der Waals surface area (Å²) in [6.45, 7) is 11.6. The molecular weight excluding hydrogens is 684 g/mol. The fraction of sp³-hybridized carbons (Fsp3) is 0.325. The number of hydrogen-bond donors (Lipinski definition) is 3. The number of amides is 2. The maximum absolute atomic E-state index is 14.4. The van der Waals surface area contributed by atoms with E-state index in [4.69, 9.17) is 9.47 Å². The lowest BCUT2D eigenvalue weighted by molar-refractivity contribution is -0.150. The highest BCUT2D eigenvalue weighted by molar-refractivity contribution is 9.10. The highest BCUT2D eigenvalue weighted by Gasteiger charge is 2.56. The molecule has 5 rings (SSSR count). The Morgan fingerprint density at radius 1 is 0.837 bits per heavy atom. The van der Waals surface area contributed by atoms with Crippen molar-refractivity contribution in [3.63, 3.8) is 0 Å². The molecule has 1 saturated carbocycles. The van der Waals surface area contributed by atoms with E-state index in [-0.39, 0.29) is 13.0 Å². The van der Waals surface area contributed by atoms with Gasteiger partial charge in [0.15, 0.2) is 11.5 Å². The fourth-order valence-electron chi connectivity index (χ4n) is 6.59. The second-order valence-corrected chi connectivity index (χ2v) is 13.9. The minimum Gasteiger partial charge on any atom is -0.490 e. The van der Waals surface area contributed by atoms with Crippen molar-refractivity contribution in [3.8, 4) is 11.5 Å². The maximum Gasteiger partial charge on any atom is 0.235 e.